The molecule has 6 nitrogen and oxygen atoms in total. The Morgan fingerprint density at radius 2 is 1.48 bits per heavy atom. The minimum Gasteiger partial charge on any atom is -0.355 e. The van der Waals surface area contributed by atoms with Crippen LogP contribution in [-0.4, -0.2) is 55.5 Å². The Labute approximate surface area is 278 Å². The molecule has 5 heterocycles. The summed E-state index contributed by atoms with van der Waals surface area (Å²) in [6.45, 7) is 11.0. The Kier molecular flexibility index (Phi) is 9.90. The van der Waals surface area contributed by atoms with Gasteiger partial charge in [0.05, 0.1) is 11.4 Å². The molecule has 3 aromatic heterocycles. The maximum Gasteiger partial charge on any atom is 0.223 e. The highest BCUT2D eigenvalue weighted by molar-refractivity contribution is 9.09. The molecular weight excluding hydrogens is 678 g/mol. The number of alkyl halides is 2. The standard InChI is InChI=1S/C36H45Br2N5O/c1-8-27-33-17-28-21(2)15-24(39-28)16-29-22(3)25(11-9-13-37)31(40-29)18-32-26(12-10-14-38)23(4)30(41-32)19-34(42-33)36(27,5)20-35(44)43(6)7/h15-19,27,40-41H,8-14,20H2,1-7H3/t27-,36-/m0/s1. The Bertz CT molecular complexity index is 1770. The average Bonchev–Trinajstić information content (AvgIpc) is 3.64. The number of aromatic nitrogens is 4. The molecule has 0 radical (unpaired) electrons. The number of aryl methyl sites for hydroxylation is 4. The van der Waals surface area contributed by atoms with Crippen molar-refractivity contribution in [3.8, 4) is 0 Å². The molecule has 2 aliphatic rings. The van der Waals surface area contributed by atoms with Gasteiger partial charge in [-0.15, -0.1) is 0 Å². The fourth-order valence-electron chi connectivity index (χ4n) is 6.89. The fourth-order valence-corrected chi connectivity index (χ4v) is 7.45. The highest BCUT2D eigenvalue weighted by atomic mass is 79.9. The van der Waals surface area contributed by atoms with Crippen molar-refractivity contribution >= 4 is 71.5 Å². The van der Waals surface area contributed by atoms with Crippen LogP contribution in [0.5, 0.6) is 0 Å². The summed E-state index contributed by atoms with van der Waals surface area (Å²) >= 11 is 7.29. The van der Waals surface area contributed by atoms with Gasteiger partial charge in [0.25, 0.3) is 0 Å². The third kappa shape index (κ3) is 6.21. The summed E-state index contributed by atoms with van der Waals surface area (Å²) < 4.78 is 0. The molecule has 0 saturated carbocycles. The molecule has 2 aliphatic heterocycles. The van der Waals surface area contributed by atoms with Gasteiger partial charge < -0.3 is 14.9 Å². The van der Waals surface area contributed by atoms with E-state index in [0.29, 0.717) is 6.42 Å². The molecule has 1 amide bonds. The Hall–Kier alpha value is -2.71. The second-order valence-corrected chi connectivity index (χ2v) is 14.4. The number of carbonyl (C=O) groups is 1. The van der Waals surface area contributed by atoms with Crippen LogP contribution in [0.25, 0.3) is 33.7 Å². The first-order valence-corrected chi connectivity index (χ1v) is 18.0. The summed E-state index contributed by atoms with van der Waals surface area (Å²) in [7, 11) is 3.67. The number of halogens is 2. The van der Waals surface area contributed by atoms with E-state index in [4.69, 9.17) is 9.97 Å². The highest BCUT2D eigenvalue weighted by Gasteiger charge is 2.44. The summed E-state index contributed by atoms with van der Waals surface area (Å²) in [5.74, 6) is 0.207. The SMILES string of the molecule is CC[C@H]1c2cc3nc(cc4[nH]c(cc5[nH]c(cc(n2)[C@@]1(C)CC(=O)N(C)C)c(C)c5CCCBr)c(CCCBr)c4C)C=C3C. The van der Waals surface area contributed by atoms with Gasteiger partial charge in [-0.1, -0.05) is 45.7 Å². The van der Waals surface area contributed by atoms with Gasteiger partial charge in [-0.2, -0.15) is 0 Å². The quantitative estimate of drug-likeness (QED) is 0.217. The van der Waals surface area contributed by atoms with Crippen molar-refractivity contribution in [3.63, 3.8) is 0 Å². The van der Waals surface area contributed by atoms with Crippen LogP contribution in [0.2, 0.25) is 0 Å². The number of nitrogens with one attached hydrogen (secondary N) is 2. The smallest absolute Gasteiger partial charge is 0.223 e. The van der Waals surface area contributed by atoms with E-state index in [0.717, 1.165) is 93.2 Å². The zero-order chi connectivity index (χ0) is 31.8. The molecule has 0 aliphatic carbocycles. The van der Waals surface area contributed by atoms with E-state index < -0.39 is 5.41 Å². The van der Waals surface area contributed by atoms with Crippen LogP contribution < -0.4 is 0 Å². The number of amides is 1. The zero-order valence-corrected chi connectivity index (χ0v) is 30.3. The predicted molar refractivity (Wildman–Crippen MR) is 192 cm³/mol. The van der Waals surface area contributed by atoms with Crippen molar-refractivity contribution in [1.29, 1.82) is 0 Å². The van der Waals surface area contributed by atoms with Crippen LogP contribution in [0.15, 0.2) is 24.3 Å². The molecule has 0 spiro atoms. The summed E-state index contributed by atoms with van der Waals surface area (Å²) in [6.07, 6.45) is 7.49. The van der Waals surface area contributed by atoms with E-state index in [1.165, 1.54) is 22.3 Å². The first kappa shape index (κ1) is 32.7. The molecule has 44 heavy (non-hydrogen) atoms. The molecule has 234 valence electrons. The molecule has 2 atom stereocenters. The number of fused-ring (bicyclic) bond motifs is 8. The maximum atomic E-state index is 13.3. The van der Waals surface area contributed by atoms with Crippen LogP contribution in [0.4, 0.5) is 0 Å². The van der Waals surface area contributed by atoms with E-state index in [9.17, 15) is 4.79 Å². The van der Waals surface area contributed by atoms with Crippen LogP contribution in [-0.2, 0) is 23.1 Å². The van der Waals surface area contributed by atoms with Gasteiger partial charge in [-0.3, -0.25) is 9.78 Å². The minimum absolute atomic E-state index is 0.0933. The van der Waals surface area contributed by atoms with Gasteiger partial charge in [-0.25, -0.2) is 4.98 Å². The number of hydrogen-bond acceptors (Lipinski definition) is 3. The average molecular weight is 724 g/mol. The van der Waals surface area contributed by atoms with Crippen molar-refractivity contribution < 1.29 is 4.79 Å². The number of H-pyrrole nitrogens is 2. The number of allylic oxidation sites excluding steroid dienone is 1. The molecule has 0 fully saturated rings. The molecular formula is C36H45Br2N5O. The van der Waals surface area contributed by atoms with E-state index in [-0.39, 0.29) is 11.8 Å². The lowest BCUT2D eigenvalue weighted by molar-refractivity contribution is -0.130. The van der Waals surface area contributed by atoms with Crippen LogP contribution in [0.3, 0.4) is 0 Å². The van der Waals surface area contributed by atoms with Crippen LogP contribution in [0.1, 0.15) is 97.4 Å². The minimum atomic E-state index is -0.448. The number of aromatic amines is 2. The molecule has 5 rings (SSSR count). The molecule has 2 N–H and O–H groups in total. The lowest BCUT2D eigenvalue weighted by Gasteiger charge is -2.31. The van der Waals surface area contributed by atoms with Gasteiger partial charge in [0, 0.05) is 76.0 Å². The number of carbonyl (C=O) groups excluding carboxylic acids is 1. The first-order valence-electron chi connectivity index (χ1n) is 15.7. The summed E-state index contributed by atoms with van der Waals surface area (Å²) in [4.78, 5) is 32.9. The van der Waals surface area contributed by atoms with Gasteiger partial charge >= 0.3 is 0 Å². The summed E-state index contributed by atoms with van der Waals surface area (Å²) in [5.41, 5.74) is 14.1. The largest absolute Gasteiger partial charge is 0.355 e. The number of rotatable bonds is 9. The molecule has 0 saturated heterocycles. The molecule has 3 aromatic rings. The van der Waals surface area contributed by atoms with Gasteiger partial charge in [-0.05, 0) is 111 Å². The maximum absolute atomic E-state index is 13.3. The van der Waals surface area contributed by atoms with Crippen molar-refractivity contribution in [1.82, 2.24) is 24.8 Å². The second-order valence-electron chi connectivity index (χ2n) is 12.8. The highest BCUT2D eigenvalue weighted by Crippen LogP contribution is 2.47. The van der Waals surface area contributed by atoms with E-state index in [1.807, 2.05) is 14.1 Å². The lowest BCUT2D eigenvalue weighted by Crippen LogP contribution is -2.34. The topological polar surface area (TPSA) is 77.7 Å². The Morgan fingerprint density at radius 3 is 2.02 bits per heavy atom. The molecule has 0 aromatic carbocycles. The van der Waals surface area contributed by atoms with Gasteiger partial charge in [0.2, 0.25) is 5.91 Å². The van der Waals surface area contributed by atoms with Crippen molar-refractivity contribution in [2.24, 2.45) is 0 Å². The monoisotopic (exact) mass is 721 g/mol. The number of nitrogens with zero attached hydrogens (tertiary/aromatic N) is 3. The van der Waals surface area contributed by atoms with E-state index >= 15 is 0 Å². The Balaban J connectivity index is 1.91. The zero-order valence-electron chi connectivity index (χ0n) is 27.1. The molecule has 0 unspecified atom stereocenters. The molecule has 8 bridgehead atoms. The van der Waals surface area contributed by atoms with Crippen molar-refractivity contribution in [2.75, 3.05) is 24.8 Å². The van der Waals surface area contributed by atoms with Crippen LogP contribution in [0, 0.1) is 13.8 Å². The first-order chi connectivity index (χ1) is 21.0. The fraction of sp³-hybridized carbons (Fsp3) is 0.472. The third-order valence-corrected chi connectivity index (χ3v) is 10.7. The normalized spacial score (nSPS) is 18.0. The van der Waals surface area contributed by atoms with E-state index in [2.05, 4.69) is 107 Å². The van der Waals surface area contributed by atoms with Crippen molar-refractivity contribution in [3.05, 3.63) is 69.3 Å². The van der Waals surface area contributed by atoms with E-state index in [1.54, 1.807) is 4.90 Å². The predicted octanol–water partition coefficient (Wildman–Crippen LogP) is 9.08. The van der Waals surface area contributed by atoms with Gasteiger partial charge in [0.1, 0.15) is 0 Å². The summed E-state index contributed by atoms with van der Waals surface area (Å²) in [6, 6.07) is 8.84. The summed E-state index contributed by atoms with van der Waals surface area (Å²) in [5, 5.41) is 1.91. The van der Waals surface area contributed by atoms with Gasteiger partial charge in [0.15, 0.2) is 0 Å². The Morgan fingerprint density at radius 1 is 0.886 bits per heavy atom. The second kappa shape index (κ2) is 13.3. The molecule has 8 heteroatoms. The van der Waals surface area contributed by atoms with Crippen LogP contribution >= 0.6 is 31.9 Å². The lowest BCUT2D eigenvalue weighted by atomic mass is 9.71. The number of hydrogen-bond donors (Lipinski definition) is 2. The van der Waals surface area contributed by atoms with Crippen molar-refractivity contribution in [2.45, 2.75) is 84.5 Å². The third-order valence-electron chi connectivity index (χ3n) is 9.57.